The molecule has 0 atom stereocenters. The van der Waals surface area contributed by atoms with Crippen LogP contribution in [0.25, 0.3) is 11.4 Å². The maximum Gasteiger partial charge on any atom is 0.324 e. The second-order valence-electron chi connectivity index (χ2n) is 5.52. The van der Waals surface area contributed by atoms with E-state index in [0.29, 0.717) is 24.5 Å². The maximum absolute atomic E-state index is 12.3. The van der Waals surface area contributed by atoms with E-state index in [9.17, 15) is 9.59 Å². The Hall–Kier alpha value is -3.47. The van der Waals surface area contributed by atoms with Crippen LogP contribution in [-0.2, 0) is 4.79 Å². The van der Waals surface area contributed by atoms with Crippen molar-refractivity contribution in [3.63, 3.8) is 0 Å². The van der Waals surface area contributed by atoms with Crippen molar-refractivity contribution in [1.82, 2.24) is 14.9 Å². The van der Waals surface area contributed by atoms with Crippen LogP contribution in [0, 0.1) is 11.3 Å². The monoisotopic (exact) mass is 337 g/mol. The molecule has 8 nitrogen and oxygen atoms in total. The van der Waals surface area contributed by atoms with Crippen LogP contribution in [-0.4, -0.2) is 51.6 Å². The number of hydrogen-bond donors (Lipinski definition) is 1. The van der Waals surface area contributed by atoms with E-state index in [-0.39, 0.29) is 19.0 Å². The van der Waals surface area contributed by atoms with Crippen LogP contribution in [0.15, 0.2) is 36.7 Å². The van der Waals surface area contributed by atoms with E-state index in [1.807, 2.05) is 18.2 Å². The highest BCUT2D eigenvalue weighted by molar-refractivity contribution is 5.94. The van der Waals surface area contributed by atoms with Gasteiger partial charge in [0.25, 0.3) is 0 Å². The van der Waals surface area contributed by atoms with Crippen molar-refractivity contribution < 1.29 is 14.7 Å². The summed E-state index contributed by atoms with van der Waals surface area (Å²) in [5, 5.41) is 17.5. The number of aromatic nitrogens is 2. The van der Waals surface area contributed by atoms with Crippen molar-refractivity contribution in [2.45, 2.75) is 6.42 Å². The zero-order valence-electron chi connectivity index (χ0n) is 13.3. The number of amides is 2. The van der Waals surface area contributed by atoms with E-state index in [2.05, 4.69) is 9.97 Å². The Balaban J connectivity index is 1.71. The predicted molar refractivity (Wildman–Crippen MR) is 88.8 cm³/mol. The Morgan fingerprint density at radius 2 is 1.88 bits per heavy atom. The quantitative estimate of drug-likeness (QED) is 0.889. The Labute approximate surface area is 144 Å². The number of carbonyl (C=O) groups excluding carboxylic acids is 1. The molecule has 1 aliphatic heterocycles. The van der Waals surface area contributed by atoms with E-state index in [1.54, 1.807) is 17.0 Å². The van der Waals surface area contributed by atoms with Gasteiger partial charge in [-0.3, -0.25) is 9.69 Å². The molecule has 1 aromatic heterocycles. The minimum Gasteiger partial charge on any atom is -0.481 e. The molecule has 0 radical (unpaired) electrons. The van der Waals surface area contributed by atoms with Gasteiger partial charge in [-0.25, -0.2) is 14.8 Å². The third-order valence-corrected chi connectivity index (χ3v) is 3.91. The molecule has 1 aromatic carbocycles. The summed E-state index contributed by atoms with van der Waals surface area (Å²) >= 11 is 0. The molecule has 25 heavy (non-hydrogen) atoms. The molecule has 2 heterocycles. The van der Waals surface area contributed by atoms with Gasteiger partial charge in [-0.15, -0.1) is 0 Å². The van der Waals surface area contributed by atoms with Crippen LogP contribution in [0.2, 0.25) is 0 Å². The lowest BCUT2D eigenvalue weighted by Gasteiger charge is -2.18. The first-order valence-corrected chi connectivity index (χ1v) is 7.69. The highest BCUT2D eigenvalue weighted by atomic mass is 16.4. The molecule has 0 saturated carbocycles. The molecule has 0 unspecified atom stereocenters. The number of carbonyl (C=O) groups is 2. The number of nitriles is 1. The Bertz CT molecular complexity index is 827. The molecule has 0 aliphatic carbocycles. The van der Waals surface area contributed by atoms with Crippen molar-refractivity contribution in [1.29, 1.82) is 5.26 Å². The van der Waals surface area contributed by atoms with E-state index in [4.69, 9.17) is 10.4 Å². The van der Waals surface area contributed by atoms with E-state index in [1.165, 1.54) is 17.3 Å². The van der Waals surface area contributed by atoms with Crippen molar-refractivity contribution in [2.24, 2.45) is 0 Å². The van der Waals surface area contributed by atoms with Gasteiger partial charge >= 0.3 is 12.0 Å². The van der Waals surface area contributed by atoms with Gasteiger partial charge in [0.05, 0.1) is 12.0 Å². The second-order valence-corrected chi connectivity index (χ2v) is 5.52. The van der Waals surface area contributed by atoms with Gasteiger partial charge in [-0.05, 0) is 24.3 Å². The van der Waals surface area contributed by atoms with Crippen LogP contribution < -0.4 is 4.90 Å². The Kier molecular flexibility index (Phi) is 4.57. The van der Waals surface area contributed by atoms with Crippen molar-refractivity contribution in [3.8, 4) is 17.5 Å². The molecule has 1 aliphatic rings. The van der Waals surface area contributed by atoms with E-state index in [0.717, 1.165) is 11.3 Å². The third-order valence-electron chi connectivity index (χ3n) is 3.91. The van der Waals surface area contributed by atoms with Gasteiger partial charge < -0.3 is 10.0 Å². The fraction of sp³-hybridized carbons (Fsp3) is 0.235. The lowest BCUT2D eigenvalue weighted by molar-refractivity contribution is -0.137. The summed E-state index contributed by atoms with van der Waals surface area (Å²) < 4.78 is 0. The molecule has 1 N–H and O–H groups in total. The summed E-state index contributed by atoms with van der Waals surface area (Å²) in [5.41, 5.74) is 1.91. The largest absolute Gasteiger partial charge is 0.481 e. The summed E-state index contributed by atoms with van der Waals surface area (Å²) in [6, 6.07) is 9.00. The predicted octanol–water partition coefficient (Wildman–Crippen LogP) is 1.73. The maximum atomic E-state index is 12.3. The van der Waals surface area contributed by atoms with Crippen LogP contribution in [0.5, 0.6) is 0 Å². The number of hydrogen-bond acceptors (Lipinski definition) is 5. The first-order valence-electron chi connectivity index (χ1n) is 7.69. The van der Waals surface area contributed by atoms with Gasteiger partial charge in [0.2, 0.25) is 0 Å². The summed E-state index contributed by atoms with van der Waals surface area (Å²) in [5.74, 6) is -0.417. The normalized spacial score (nSPS) is 13.8. The number of urea groups is 1. The van der Waals surface area contributed by atoms with Gasteiger partial charge in [-0.1, -0.05) is 0 Å². The molecule has 1 saturated heterocycles. The molecular weight excluding hydrogens is 322 g/mol. The van der Waals surface area contributed by atoms with Gasteiger partial charge in [0.15, 0.2) is 5.82 Å². The van der Waals surface area contributed by atoms with Crippen LogP contribution >= 0.6 is 0 Å². The standard InChI is InChI=1S/C17H15N5O3/c18-9-12-10-19-16(20-11-12)13-1-3-14(4-2-13)22-8-7-21(17(22)25)6-5-15(23)24/h1-4,10-11H,5-8H2,(H,23,24). The van der Waals surface area contributed by atoms with Crippen molar-refractivity contribution in [2.75, 3.05) is 24.5 Å². The number of anilines is 1. The van der Waals surface area contributed by atoms with E-state index < -0.39 is 5.97 Å². The van der Waals surface area contributed by atoms with Crippen molar-refractivity contribution >= 4 is 17.7 Å². The minimum absolute atomic E-state index is 0.0610. The number of carboxylic acid groups (broad SMARTS) is 1. The summed E-state index contributed by atoms with van der Waals surface area (Å²) in [6.07, 6.45) is 2.86. The molecule has 8 heteroatoms. The molecule has 0 bridgehead atoms. The molecule has 126 valence electrons. The van der Waals surface area contributed by atoms with E-state index >= 15 is 0 Å². The average Bonchev–Trinajstić information content (AvgIpc) is 3.01. The fourth-order valence-electron chi connectivity index (χ4n) is 2.59. The molecule has 3 rings (SSSR count). The smallest absolute Gasteiger partial charge is 0.324 e. The van der Waals surface area contributed by atoms with Gasteiger partial charge in [-0.2, -0.15) is 5.26 Å². The molecular formula is C17H15N5O3. The topological polar surface area (TPSA) is 110 Å². The zero-order chi connectivity index (χ0) is 17.8. The number of rotatable bonds is 5. The summed E-state index contributed by atoms with van der Waals surface area (Å²) in [6.45, 7) is 1.24. The number of benzene rings is 1. The zero-order valence-corrected chi connectivity index (χ0v) is 13.3. The highest BCUT2D eigenvalue weighted by Crippen LogP contribution is 2.24. The Morgan fingerprint density at radius 3 is 2.48 bits per heavy atom. The third kappa shape index (κ3) is 3.55. The minimum atomic E-state index is -0.919. The van der Waals surface area contributed by atoms with Gasteiger partial charge in [0.1, 0.15) is 6.07 Å². The fourth-order valence-corrected chi connectivity index (χ4v) is 2.59. The van der Waals surface area contributed by atoms with Crippen molar-refractivity contribution in [3.05, 3.63) is 42.2 Å². The SMILES string of the molecule is N#Cc1cnc(-c2ccc(N3CCN(CCC(=O)O)C3=O)cc2)nc1. The Morgan fingerprint density at radius 1 is 1.20 bits per heavy atom. The molecule has 2 aromatic rings. The number of aliphatic carboxylic acids is 1. The lowest BCUT2D eigenvalue weighted by atomic mass is 10.2. The molecule has 0 spiro atoms. The first-order chi connectivity index (χ1) is 12.1. The number of nitrogens with zero attached hydrogens (tertiary/aromatic N) is 5. The number of carboxylic acids is 1. The van der Waals surface area contributed by atoms with Gasteiger partial charge in [0, 0.05) is 43.3 Å². The first kappa shape index (κ1) is 16.4. The van der Waals surface area contributed by atoms with Crippen LogP contribution in [0.1, 0.15) is 12.0 Å². The molecule has 2 amide bonds. The summed E-state index contributed by atoms with van der Waals surface area (Å²) in [7, 11) is 0. The lowest BCUT2D eigenvalue weighted by Crippen LogP contribution is -2.33. The van der Waals surface area contributed by atoms with Crippen LogP contribution in [0.4, 0.5) is 10.5 Å². The summed E-state index contributed by atoms with van der Waals surface area (Å²) in [4.78, 5) is 34.4. The van der Waals surface area contributed by atoms with Crippen LogP contribution in [0.3, 0.4) is 0 Å². The second kappa shape index (κ2) is 6.97. The average molecular weight is 337 g/mol. The molecule has 1 fully saturated rings. The highest BCUT2D eigenvalue weighted by Gasteiger charge is 2.29.